The van der Waals surface area contributed by atoms with Crippen LogP contribution in [0, 0.1) is 0 Å². The second-order valence-corrected chi connectivity index (χ2v) is 5.23. The zero-order valence-electron chi connectivity index (χ0n) is 10.9. The van der Waals surface area contributed by atoms with Crippen LogP contribution in [0.15, 0.2) is 24.3 Å². The molecule has 1 aromatic rings. The molecule has 1 aliphatic rings. The van der Waals surface area contributed by atoms with Crippen LogP contribution < -0.4 is 10.2 Å². The molecule has 0 saturated heterocycles. The Hall–Kier alpha value is -1.22. The lowest BCUT2D eigenvalue weighted by molar-refractivity contribution is 0.0614. The molecule has 2 unspecified atom stereocenters. The molecular weight excluding hydrogens is 212 g/mol. The fraction of sp³-hybridized carbons (Fsp3) is 0.571. The van der Waals surface area contributed by atoms with E-state index in [0.29, 0.717) is 12.6 Å². The van der Waals surface area contributed by atoms with Crippen LogP contribution in [0.3, 0.4) is 0 Å². The van der Waals surface area contributed by atoms with Crippen molar-refractivity contribution in [2.75, 3.05) is 23.3 Å². The van der Waals surface area contributed by atoms with Crippen molar-refractivity contribution >= 4 is 11.4 Å². The number of para-hydroxylation sites is 2. The molecular formula is C14H22N2O. The van der Waals surface area contributed by atoms with Gasteiger partial charge < -0.3 is 15.3 Å². The molecule has 0 aliphatic carbocycles. The summed E-state index contributed by atoms with van der Waals surface area (Å²) in [5, 5.41) is 13.7. The Morgan fingerprint density at radius 1 is 1.47 bits per heavy atom. The molecule has 2 atom stereocenters. The number of fused-ring (bicyclic) bond motifs is 1. The van der Waals surface area contributed by atoms with Gasteiger partial charge in [-0.1, -0.05) is 19.1 Å². The van der Waals surface area contributed by atoms with Crippen LogP contribution in [-0.4, -0.2) is 29.8 Å². The molecule has 0 spiro atoms. The van der Waals surface area contributed by atoms with E-state index in [4.69, 9.17) is 0 Å². The first kappa shape index (κ1) is 12.2. The number of hydrogen-bond donors (Lipinski definition) is 2. The van der Waals surface area contributed by atoms with Crippen LogP contribution in [0.4, 0.5) is 11.4 Å². The highest BCUT2D eigenvalue weighted by Crippen LogP contribution is 2.32. The molecule has 0 aromatic heterocycles. The molecule has 3 nitrogen and oxygen atoms in total. The lowest BCUT2D eigenvalue weighted by Crippen LogP contribution is -2.49. The van der Waals surface area contributed by atoms with Crippen LogP contribution in [0.5, 0.6) is 0 Å². The lowest BCUT2D eigenvalue weighted by atomic mass is 10.00. The Morgan fingerprint density at radius 2 is 2.18 bits per heavy atom. The fourth-order valence-corrected chi connectivity index (χ4v) is 2.20. The Kier molecular flexibility index (Phi) is 3.29. The van der Waals surface area contributed by atoms with Crippen LogP contribution in [-0.2, 0) is 0 Å². The molecule has 94 valence electrons. The van der Waals surface area contributed by atoms with Gasteiger partial charge in [0.05, 0.1) is 17.0 Å². The first-order chi connectivity index (χ1) is 8.03. The van der Waals surface area contributed by atoms with E-state index in [9.17, 15) is 5.11 Å². The summed E-state index contributed by atoms with van der Waals surface area (Å²) < 4.78 is 0. The number of rotatable bonds is 3. The summed E-state index contributed by atoms with van der Waals surface area (Å²) in [6, 6.07) is 8.70. The zero-order chi connectivity index (χ0) is 12.5. The molecule has 3 heteroatoms. The van der Waals surface area contributed by atoms with Crippen molar-refractivity contribution in [1.29, 1.82) is 0 Å². The second-order valence-electron chi connectivity index (χ2n) is 5.23. The van der Waals surface area contributed by atoms with E-state index in [0.717, 1.165) is 18.7 Å². The maximum atomic E-state index is 10.3. The van der Waals surface area contributed by atoms with E-state index in [-0.39, 0.29) is 0 Å². The van der Waals surface area contributed by atoms with Gasteiger partial charge in [0.1, 0.15) is 0 Å². The number of β-amino-alcohol motifs (C(OH)–C–C–N with tert-alkyl or cyclic N) is 1. The van der Waals surface area contributed by atoms with Gasteiger partial charge in [-0.3, -0.25) is 0 Å². The van der Waals surface area contributed by atoms with E-state index >= 15 is 0 Å². The number of benzene rings is 1. The van der Waals surface area contributed by atoms with Crippen molar-refractivity contribution in [3.05, 3.63) is 24.3 Å². The third-order valence-corrected chi connectivity index (χ3v) is 3.61. The molecule has 0 amide bonds. The summed E-state index contributed by atoms with van der Waals surface area (Å²) in [5.74, 6) is 0. The minimum atomic E-state index is -0.626. The molecule has 0 radical (unpaired) electrons. The van der Waals surface area contributed by atoms with Crippen molar-refractivity contribution in [2.24, 2.45) is 0 Å². The number of nitrogens with zero attached hydrogens (tertiary/aromatic N) is 1. The minimum Gasteiger partial charge on any atom is -0.388 e. The maximum absolute atomic E-state index is 10.3. The normalized spacial score (nSPS) is 22.6. The third-order valence-electron chi connectivity index (χ3n) is 3.61. The minimum absolute atomic E-state index is 0.405. The Morgan fingerprint density at radius 3 is 2.88 bits per heavy atom. The summed E-state index contributed by atoms with van der Waals surface area (Å²) in [5.41, 5.74) is 1.73. The highest BCUT2D eigenvalue weighted by Gasteiger charge is 2.28. The summed E-state index contributed by atoms with van der Waals surface area (Å²) in [7, 11) is 0. The molecule has 2 rings (SSSR count). The van der Waals surface area contributed by atoms with Gasteiger partial charge in [0.15, 0.2) is 0 Å². The Labute approximate surface area is 103 Å². The Balaban J connectivity index is 2.27. The molecule has 0 fully saturated rings. The van der Waals surface area contributed by atoms with Crippen LogP contribution in [0.25, 0.3) is 0 Å². The van der Waals surface area contributed by atoms with Gasteiger partial charge in [-0.2, -0.15) is 0 Å². The summed E-state index contributed by atoms with van der Waals surface area (Å²) in [4.78, 5) is 2.30. The third kappa shape index (κ3) is 2.55. The Bertz CT molecular complexity index is 390. The van der Waals surface area contributed by atoms with E-state index in [1.54, 1.807) is 0 Å². The van der Waals surface area contributed by atoms with Crippen LogP contribution in [0.1, 0.15) is 27.2 Å². The average molecular weight is 234 g/mol. The SMILES string of the molecule is CCC(C)(O)CN1c2ccccc2NCC1C. The number of aliphatic hydroxyl groups is 1. The van der Waals surface area contributed by atoms with Gasteiger partial charge in [-0.05, 0) is 32.4 Å². The molecule has 0 saturated carbocycles. The quantitative estimate of drug-likeness (QED) is 0.843. The maximum Gasteiger partial charge on any atom is 0.0791 e. The number of hydrogen-bond acceptors (Lipinski definition) is 3. The second kappa shape index (κ2) is 4.57. The highest BCUT2D eigenvalue weighted by molar-refractivity contribution is 5.72. The first-order valence-corrected chi connectivity index (χ1v) is 6.35. The smallest absolute Gasteiger partial charge is 0.0791 e. The van der Waals surface area contributed by atoms with Crippen molar-refractivity contribution < 1.29 is 5.11 Å². The van der Waals surface area contributed by atoms with E-state index in [1.807, 2.05) is 26.0 Å². The van der Waals surface area contributed by atoms with E-state index in [2.05, 4.69) is 29.3 Å². The molecule has 1 aliphatic heterocycles. The van der Waals surface area contributed by atoms with Crippen molar-refractivity contribution in [3.8, 4) is 0 Å². The van der Waals surface area contributed by atoms with Crippen LogP contribution in [0.2, 0.25) is 0 Å². The fourth-order valence-electron chi connectivity index (χ4n) is 2.20. The van der Waals surface area contributed by atoms with Gasteiger partial charge in [0, 0.05) is 19.1 Å². The predicted molar refractivity (Wildman–Crippen MR) is 72.7 cm³/mol. The van der Waals surface area contributed by atoms with Gasteiger partial charge in [0.2, 0.25) is 0 Å². The highest BCUT2D eigenvalue weighted by atomic mass is 16.3. The van der Waals surface area contributed by atoms with Gasteiger partial charge in [0.25, 0.3) is 0 Å². The van der Waals surface area contributed by atoms with Crippen molar-refractivity contribution in [1.82, 2.24) is 0 Å². The first-order valence-electron chi connectivity index (χ1n) is 6.35. The summed E-state index contributed by atoms with van der Waals surface area (Å²) >= 11 is 0. The summed E-state index contributed by atoms with van der Waals surface area (Å²) in [6.45, 7) is 7.73. The van der Waals surface area contributed by atoms with Gasteiger partial charge in [-0.15, -0.1) is 0 Å². The van der Waals surface area contributed by atoms with Crippen LogP contribution >= 0.6 is 0 Å². The lowest BCUT2D eigenvalue weighted by Gasteiger charge is -2.41. The molecule has 1 heterocycles. The van der Waals surface area contributed by atoms with E-state index in [1.165, 1.54) is 5.69 Å². The monoisotopic (exact) mass is 234 g/mol. The topological polar surface area (TPSA) is 35.5 Å². The predicted octanol–water partition coefficient (Wildman–Crippen LogP) is 2.47. The van der Waals surface area contributed by atoms with Gasteiger partial charge >= 0.3 is 0 Å². The largest absolute Gasteiger partial charge is 0.388 e. The molecule has 17 heavy (non-hydrogen) atoms. The molecule has 0 bridgehead atoms. The standard InChI is InChI=1S/C14H22N2O/c1-4-14(3,17)10-16-11(2)9-15-12-7-5-6-8-13(12)16/h5-8,11,15,17H,4,9-10H2,1-3H3. The molecule has 2 N–H and O–H groups in total. The number of anilines is 2. The summed E-state index contributed by atoms with van der Waals surface area (Å²) in [6.07, 6.45) is 0.770. The molecule has 1 aromatic carbocycles. The van der Waals surface area contributed by atoms with Crippen molar-refractivity contribution in [3.63, 3.8) is 0 Å². The van der Waals surface area contributed by atoms with E-state index < -0.39 is 5.60 Å². The average Bonchev–Trinajstić information content (AvgIpc) is 2.33. The van der Waals surface area contributed by atoms with Crippen molar-refractivity contribution in [2.45, 2.75) is 38.8 Å². The van der Waals surface area contributed by atoms with Gasteiger partial charge in [-0.25, -0.2) is 0 Å². The zero-order valence-corrected chi connectivity index (χ0v) is 10.9. The number of nitrogens with one attached hydrogen (secondary N) is 1.